The summed E-state index contributed by atoms with van der Waals surface area (Å²) < 4.78 is 18.4. The highest BCUT2D eigenvalue weighted by Crippen LogP contribution is 2.24. The monoisotopic (exact) mass is 195 g/mol. The SMILES string of the molecule is CC(C)=CCOc1c(N)cccc1F. The Morgan fingerprint density at radius 3 is 2.79 bits per heavy atom. The molecule has 14 heavy (non-hydrogen) atoms. The summed E-state index contributed by atoms with van der Waals surface area (Å²) in [5.41, 5.74) is 7.00. The van der Waals surface area contributed by atoms with E-state index in [0.29, 0.717) is 12.3 Å². The van der Waals surface area contributed by atoms with Crippen molar-refractivity contribution < 1.29 is 9.13 Å². The summed E-state index contributed by atoms with van der Waals surface area (Å²) >= 11 is 0. The largest absolute Gasteiger partial charge is 0.484 e. The first-order valence-electron chi connectivity index (χ1n) is 4.41. The fourth-order valence-corrected chi connectivity index (χ4v) is 0.969. The van der Waals surface area contributed by atoms with Gasteiger partial charge in [-0.25, -0.2) is 4.39 Å². The van der Waals surface area contributed by atoms with Crippen LogP contribution in [0.25, 0.3) is 0 Å². The first-order valence-corrected chi connectivity index (χ1v) is 4.41. The van der Waals surface area contributed by atoms with Crippen LogP contribution in [0, 0.1) is 5.82 Å². The average molecular weight is 195 g/mol. The summed E-state index contributed by atoms with van der Waals surface area (Å²) in [6, 6.07) is 4.49. The van der Waals surface area contributed by atoms with Crippen molar-refractivity contribution in [2.45, 2.75) is 13.8 Å². The van der Waals surface area contributed by atoms with Gasteiger partial charge in [-0.05, 0) is 32.1 Å². The van der Waals surface area contributed by atoms with Crippen LogP contribution in [-0.2, 0) is 0 Å². The van der Waals surface area contributed by atoms with Gasteiger partial charge in [0.1, 0.15) is 6.61 Å². The van der Waals surface area contributed by atoms with Crippen LogP contribution >= 0.6 is 0 Å². The highest BCUT2D eigenvalue weighted by atomic mass is 19.1. The number of nitrogens with two attached hydrogens (primary N) is 1. The van der Waals surface area contributed by atoms with Gasteiger partial charge in [0.05, 0.1) is 5.69 Å². The molecule has 0 spiro atoms. The number of anilines is 1. The molecule has 0 aliphatic rings. The van der Waals surface area contributed by atoms with E-state index in [1.807, 2.05) is 19.9 Å². The summed E-state index contributed by atoms with van der Waals surface area (Å²) in [6.07, 6.45) is 1.87. The van der Waals surface area contributed by atoms with Crippen LogP contribution in [0.1, 0.15) is 13.8 Å². The third-order valence-corrected chi connectivity index (χ3v) is 1.72. The van der Waals surface area contributed by atoms with E-state index in [1.54, 1.807) is 12.1 Å². The molecule has 1 aromatic carbocycles. The fraction of sp³-hybridized carbons (Fsp3) is 0.273. The van der Waals surface area contributed by atoms with Gasteiger partial charge in [0, 0.05) is 0 Å². The Labute approximate surface area is 83.2 Å². The van der Waals surface area contributed by atoms with Gasteiger partial charge < -0.3 is 10.5 Å². The standard InChI is InChI=1S/C11H14FNO/c1-8(2)6-7-14-11-9(12)4-3-5-10(11)13/h3-6H,7,13H2,1-2H3. The zero-order valence-electron chi connectivity index (χ0n) is 8.38. The first-order chi connectivity index (χ1) is 6.61. The molecule has 0 amide bonds. The van der Waals surface area contributed by atoms with Crippen molar-refractivity contribution in [2.75, 3.05) is 12.3 Å². The van der Waals surface area contributed by atoms with Crippen molar-refractivity contribution in [3.63, 3.8) is 0 Å². The summed E-state index contributed by atoms with van der Waals surface area (Å²) in [6.45, 7) is 4.25. The number of halogens is 1. The first kappa shape index (κ1) is 10.6. The van der Waals surface area contributed by atoms with Gasteiger partial charge in [-0.1, -0.05) is 11.6 Å². The molecule has 0 aliphatic heterocycles. The molecule has 1 rings (SSSR count). The summed E-state index contributed by atoms with van der Waals surface area (Å²) in [5.74, 6) is -0.294. The maximum absolute atomic E-state index is 13.1. The molecule has 3 heteroatoms. The zero-order valence-corrected chi connectivity index (χ0v) is 8.38. The number of rotatable bonds is 3. The maximum Gasteiger partial charge on any atom is 0.178 e. The van der Waals surface area contributed by atoms with Crippen LogP contribution in [0.3, 0.4) is 0 Å². The third-order valence-electron chi connectivity index (χ3n) is 1.72. The van der Waals surface area contributed by atoms with Crippen LogP contribution in [0.4, 0.5) is 10.1 Å². The number of ether oxygens (including phenoxy) is 1. The van der Waals surface area contributed by atoms with Crippen LogP contribution < -0.4 is 10.5 Å². The Balaban J connectivity index is 2.71. The summed E-state index contributed by atoms with van der Waals surface area (Å²) in [4.78, 5) is 0. The number of hydrogen-bond acceptors (Lipinski definition) is 2. The second-order valence-electron chi connectivity index (χ2n) is 3.25. The predicted molar refractivity (Wildman–Crippen MR) is 55.7 cm³/mol. The van der Waals surface area contributed by atoms with Crippen molar-refractivity contribution in [2.24, 2.45) is 0 Å². The van der Waals surface area contributed by atoms with E-state index in [2.05, 4.69) is 0 Å². The lowest BCUT2D eigenvalue weighted by molar-refractivity contribution is 0.343. The molecule has 0 saturated heterocycles. The third kappa shape index (κ3) is 2.76. The van der Waals surface area contributed by atoms with Gasteiger partial charge in [0.2, 0.25) is 0 Å². The predicted octanol–water partition coefficient (Wildman–Crippen LogP) is 2.75. The number of allylic oxidation sites excluding steroid dienone is 1. The van der Waals surface area contributed by atoms with Gasteiger partial charge in [-0.15, -0.1) is 0 Å². The number of para-hydroxylation sites is 1. The molecule has 2 N–H and O–H groups in total. The zero-order chi connectivity index (χ0) is 10.6. The molecule has 2 nitrogen and oxygen atoms in total. The minimum absolute atomic E-state index is 0.130. The Kier molecular flexibility index (Phi) is 3.51. The van der Waals surface area contributed by atoms with Crippen LogP contribution in [0.15, 0.2) is 29.8 Å². The molecule has 0 aromatic heterocycles. The molecule has 0 bridgehead atoms. The van der Waals surface area contributed by atoms with E-state index in [9.17, 15) is 4.39 Å². The van der Waals surface area contributed by atoms with E-state index in [1.165, 1.54) is 6.07 Å². The van der Waals surface area contributed by atoms with Crippen molar-refractivity contribution in [1.82, 2.24) is 0 Å². The second kappa shape index (κ2) is 4.65. The Bertz CT molecular complexity index is 323. The molecule has 0 heterocycles. The lowest BCUT2D eigenvalue weighted by Crippen LogP contribution is -2.00. The molecular weight excluding hydrogens is 181 g/mol. The molecule has 1 aromatic rings. The van der Waals surface area contributed by atoms with Crippen molar-refractivity contribution in [1.29, 1.82) is 0 Å². The number of nitrogen functional groups attached to an aromatic ring is 1. The molecule has 0 fully saturated rings. The maximum atomic E-state index is 13.1. The van der Waals surface area contributed by atoms with Gasteiger partial charge in [-0.2, -0.15) is 0 Å². The van der Waals surface area contributed by atoms with E-state index in [-0.39, 0.29) is 5.75 Å². The van der Waals surface area contributed by atoms with E-state index >= 15 is 0 Å². The summed E-state index contributed by atoms with van der Waals surface area (Å²) in [5, 5.41) is 0. The molecule has 0 radical (unpaired) electrons. The van der Waals surface area contributed by atoms with E-state index in [0.717, 1.165) is 5.57 Å². The van der Waals surface area contributed by atoms with Crippen LogP contribution in [0.5, 0.6) is 5.75 Å². The highest BCUT2D eigenvalue weighted by molar-refractivity contribution is 5.52. The highest BCUT2D eigenvalue weighted by Gasteiger charge is 2.05. The minimum atomic E-state index is -0.424. The molecular formula is C11H14FNO. The second-order valence-corrected chi connectivity index (χ2v) is 3.25. The van der Waals surface area contributed by atoms with Gasteiger partial charge in [0.25, 0.3) is 0 Å². The Hall–Kier alpha value is -1.51. The number of benzene rings is 1. The normalized spacial score (nSPS) is 9.64. The quantitative estimate of drug-likeness (QED) is 0.594. The van der Waals surface area contributed by atoms with Gasteiger partial charge in [0.15, 0.2) is 11.6 Å². The summed E-state index contributed by atoms with van der Waals surface area (Å²) in [7, 11) is 0. The Morgan fingerprint density at radius 1 is 1.50 bits per heavy atom. The van der Waals surface area contributed by atoms with Crippen LogP contribution in [0.2, 0.25) is 0 Å². The average Bonchev–Trinajstić information content (AvgIpc) is 2.09. The minimum Gasteiger partial charge on any atom is -0.484 e. The number of hydrogen-bond donors (Lipinski definition) is 1. The smallest absolute Gasteiger partial charge is 0.178 e. The topological polar surface area (TPSA) is 35.2 Å². The molecule has 0 aliphatic carbocycles. The molecule has 0 saturated carbocycles. The lowest BCUT2D eigenvalue weighted by atomic mass is 10.3. The Morgan fingerprint density at radius 2 is 2.21 bits per heavy atom. The van der Waals surface area contributed by atoms with Gasteiger partial charge in [-0.3, -0.25) is 0 Å². The van der Waals surface area contributed by atoms with E-state index in [4.69, 9.17) is 10.5 Å². The fourth-order valence-electron chi connectivity index (χ4n) is 0.969. The molecule has 76 valence electrons. The van der Waals surface area contributed by atoms with Crippen LogP contribution in [-0.4, -0.2) is 6.61 Å². The van der Waals surface area contributed by atoms with Crippen molar-refractivity contribution in [3.8, 4) is 5.75 Å². The molecule has 0 atom stereocenters. The van der Waals surface area contributed by atoms with Crippen molar-refractivity contribution >= 4 is 5.69 Å². The molecule has 0 unspecified atom stereocenters. The lowest BCUT2D eigenvalue weighted by Gasteiger charge is -2.07. The van der Waals surface area contributed by atoms with E-state index < -0.39 is 5.82 Å². The van der Waals surface area contributed by atoms with Gasteiger partial charge >= 0.3 is 0 Å². The van der Waals surface area contributed by atoms with Crippen molar-refractivity contribution in [3.05, 3.63) is 35.7 Å².